The van der Waals surface area contributed by atoms with Gasteiger partial charge in [0.15, 0.2) is 11.5 Å². The molecule has 0 saturated carbocycles. The molecule has 0 aliphatic carbocycles. The van der Waals surface area contributed by atoms with Crippen molar-refractivity contribution in [3.8, 4) is 11.3 Å². The van der Waals surface area contributed by atoms with Gasteiger partial charge in [0.1, 0.15) is 0 Å². The summed E-state index contributed by atoms with van der Waals surface area (Å²) in [4.78, 5) is 16.0. The fraction of sp³-hybridized carbons (Fsp3) is 0.357. The number of carbonyl (C=O) groups excluding carboxylic acids is 1. The molecule has 0 bridgehead atoms. The molecule has 0 radical (unpaired) electrons. The number of rotatable bonds is 3. The maximum Gasteiger partial charge on any atom is 0.273 e. The highest BCUT2D eigenvalue weighted by Gasteiger charge is 2.19. The molecular weight excluding hydrogens is 327 g/mol. The molecule has 3 heterocycles. The van der Waals surface area contributed by atoms with Crippen molar-refractivity contribution in [3.05, 3.63) is 36.3 Å². The van der Waals surface area contributed by atoms with Gasteiger partial charge in [0.2, 0.25) is 0 Å². The van der Waals surface area contributed by atoms with Crippen LogP contribution in [0.4, 0.5) is 0 Å². The molecule has 2 N–H and O–H groups in total. The molecule has 8 heteroatoms. The highest BCUT2D eigenvalue weighted by molar-refractivity contribution is 5.93. The highest BCUT2D eigenvalue weighted by Crippen LogP contribution is 2.19. The number of aromatic nitrogens is 2. The van der Waals surface area contributed by atoms with E-state index in [1.54, 1.807) is 18.5 Å². The minimum Gasteiger partial charge on any atom is -0.355 e. The van der Waals surface area contributed by atoms with Crippen LogP contribution in [0.25, 0.3) is 11.3 Å². The Kier molecular flexibility index (Phi) is 7.31. The third-order valence-electron chi connectivity index (χ3n) is 3.34. The first-order valence-corrected chi connectivity index (χ1v) is 6.71. The van der Waals surface area contributed by atoms with E-state index in [1.165, 1.54) is 0 Å². The summed E-state index contributed by atoms with van der Waals surface area (Å²) in [5.74, 6) is 0.377. The monoisotopic (exact) mass is 344 g/mol. The van der Waals surface area contributed by atoms with Gasteiger partial charge >= 0.3 is 0 Å². The zero-order chi connectivity index (χ0) is 13.8. The average molecular weight is 345 g/mol. The number of hydrogen-bond donors (Lipinski definition) is 2. The number of nitrogens with one attached hydrogen (secondary N) is 2. The second-order valence-electron chi connectivity index (χ2n) is 4.83. The van der Waals surface area contributed by atoms with E-state index < -0.39 is 0 Å². The summed E-state index contributed by atoms with van der Waals surface area (Å²) in [6.45, 7) is 1.82. The van der Waals surface area contributed by atoms with Crippen LogP contribution in [0.1, 0.15) is 23.3 Å². The molecule has 1 atom stereocenters. The molecule has 22 heavy (non-hydrogen) atoms. The first-order valence-electron chi connectivity index (χ1n) is 6.71. The lowest BCUT2D eigenvalue weighted by atomic mass is 10.1. The third-order valence-corrected chi connectivity index (χ3v) is 3.34. The van der Waals surface area contributed by atoms with E-state index in [1.807, 2.05) is 12.1 Å². The molecule has 6 nitrogen and oxygen atoms in total. The van der Waals surface area contributed by atoms with Gasteiger partial charge in [-0.15, -0.1) is 24.8 Å². The Hall–Kier alpha value is -1.63. The fourth-order valence-corrected chi connectivity index (χ4v) is 2.27. The summed E-state index contributed by atoms with van der Waals surface area (Å²) in [6, 6.07) is 5.44. The first kappa shape index (κ1) is 18.4. The maximum absolute atomic E-state index is 12.1. The number of carbonyl (C=O) groups is 1. The third kappa shape index (κ3) is 4.43. The molecule has 3 rings (SSSR count). The average Bonchev–Trinajstić information content (AvgIpc) is 2.99. The van der Waals surface area contributed by atoms with Gasteiger partial charge in [-0.2, -0.15) is 0 Å². The van der Waals surface area contributed by atoms with Crippen LogP contribution in [0, 0.1) is 0 Å². The molecule has 120 valence electrons. The topological polar surface area (TPSA) is 80.0 Å². The Morgan fingerprint density at radius 3 is 2.77 bits per heavy atom. The zero-order valence-electron chi connectivity index (χ0n) is 11.8. The highest BCUT2D eigenvalue weighted by atomic mass is 35.5. The van der Waals surface area contributed by atoms with E-state index in [9.17, 15) is 4.79 Å². The van der Waals surface area contributed by atoms with Crippen molar-refractivity contribution in [2.75, 3.05) is 13.1 Å². The lowest BCUT2D eigenvalue weighted by molar-refractivity contribution is 0.0921. The minimum atomic E-state index is -0.192. The van der Waals surface area contributed by atoms with Crippen LogP contribution >= 0.6 is 24.8 Å². The summed E-state index contributed by atoms with van der Waals surface area (Å²) in [7, 11) is 0. The lowest BCUT2D eigenvalue weighted by Gasteiger charge is -2.23. The number of amides is 1. The van der Waals surface area contributed by atoms with Crippen LogP contribution in [0.3, 0.4) is 0 Å². The summed E-state index contributed by atoms with van der Waals surface area (Å²) >= 11 is 0. The van der Waals surface area contributed by atoms with Gasteiger partial charge < -0.3 is 15.2 Å². The summed E-state index contributed by atoms with van der Waals surface area (Å²) in [6.07, 6.45) is 5.41. The largest absolute Gasteiger partial charge is 0.355 e. The maximum atomic E-state index is 12.1. The summed E-state index contributed by atoms with van der Waals surface area (Å²) in [5.41, 5.74) is 1.16. The number of halogens is 2. The molecule has 2 aromatic rings. The van der Waals surface area contributed by atoms with Crippen molar-refractivity contribution in [3.63, 3.8) is 0 Å². The van der Waals surface area contributed by atoms with Crippen molar-refractivity contribution in [2.24, 2.45) is 0 Å². The number of nitrogens with zero attached hydrogens (tertiary/aromatic N) is 2. The molecule has 1 fully saturated rings. The van der Waals surface area contributed by atoms with E-state index >= 15 is 0 Å². The van der Waals surface area contributed by atoms with E-state index in [0.717, 1.165) is 31.5 Å². The molecule has 2 aromatic heterocycles. The van der Waals surface area contributed by atoms with Gasteiger partial charge in [-0.1, -0.05) is 5.16 Å². The number of piperidine rings is 1. The van der Waals surface area contributed by atoms with Crippen molar-refractivity contribution in [1.82, 2.24) is 20.8 Å². The fourth-order valence-electron chi connectivity index (χ4n) is 2.27. The van der Waals surface area contributed by atoms with Gasteiger partial charge in [-0.05, 0) is 31.5 Å². The Morgan fingerprint density at radius 1 is 1.32 bits per heavy atom. The zero-order valence-corrected chi connectivity index (χ0v) is 13.5. The lowest BCUT2D eigenvalue weighted by Crippen LogP contribution is -2.45. The van der Waals surface area contributed by atoms with E-state index in [-0.39, 0.29) is 36.8 Å². The molecule has 1 aliphatic heterocycles. The molecular formula is C14H18Cl2N4O2. The summed E-state index contributed by atoms with van der Waals surface area (Å²) < 4.78 is 5.21. The van der Waals surface area contributed by atoms with Crippen LogP contribution in [-0.4, -0.2) is 35.2 Å². The second-order valence-corrected chi connectivity index (χ2v) is 4.83. The van der Waals surface area contributed by atoms with Crippen molar-refractivity contribution in [2.45, 2.75) is 18.9 Å². The Labute approximate surface area is 140 Å². The number of pyridine rings is 1. The predicted octanol–water partition coefficient (Wildman–Crippen LogP) is 2.06. The Balaban J connectivity index is 0.00000121. The van der Waals surface area contributed by atoms with Crippen LogP contribution < -0.4 is 10.6 Å². The van der Waals surface area contributed by atoms with Gasteiger partial charge in [-0.3, -0.25) is 9.78 Å². The predicted molar refractivity (Wildman–Crippen MR) is 87.6 cm³/mol. The van der Waals surface area contributed by atoms with Gasteiger partial charge in [0, 0.05) is 36.6 Å². The van der Waals surface area contributed by atoms with Crippen molar-refractivity contribution >= 4 is 30.7 Å². The number of hydrogen-bond acceptors (Lipinski definition) is 5. The van der Waals surface area contributed by atoms with Crippen molar-refractivity contribution < 1.29 is 9.32 Å². The molecule has 0 unspecified atom stereocenters. The van der Waals surface area contributed by atoms with Crippen molar-refractivity contribution in [1.29, 1.82) is 0 Å². The SMILES string of the molecule is Cl.Cl.O=C(N[C@H]1CCCNC1)c1cc(-c2ccncc2)on1. The van der Waals surface area contributed by atoms with Crippen LogP contribution in [0.5, 0.6) is 0 Å². The minimum absolute atomic E-state index is 0. The molecule has 1 amide bonds. The van der Waals surface area contributed by atoms with Crippen LogP contribution in [0.2, 0.25) is 0 Å². The second kappa shape index (κ2) is 8.73. The summed E-state index contributed by atoms with van der Waals surface area (Å²) in [5, 5.41) is 10.1. The molecule has 1 aliphatic rings. The standard InChI is InChI=1S/C14H16N4O2.2ClH/c19-14(17-11-2-1-5-16-9-11)12-8-13(20-18-12)10-3-6-15-7-4-10;;/h3-4,6-8,11,16H,1-2,5,9H2,(H,17,19);2*1H/t11-;;/m0../s1. The normalized spacial score (nSPS) is 17.0. The van der Waals surface area contributed by atoms with Gasteiger partial charge in [-0.25, -0.2) is 0 Å². The van der Waals surface area contributed by atoms with Crippen LogP contribution in [-0.2, 0) is 0 Å². The van der Waals surface area contributed by atoms with Gasteiger partial charge in [0.05, 0.1) is 0 Å². The quantitative estimate of drug-likeness (QED) is 0.890. The van der Waals surface area contributed by atoms with Crippen LogP contribution in [0.15, 0.2) is 35.1 Å². The molecule has 0 spiro atoms. The Morgan fingerprint density at radius 2 is 2.09 bits per heavy atom. The Bertz CT molecular complexity index is 586. The van der Waals surface area contributed by atoms with Gasteiger partial charge in [0.25, 0.3) is 5.91 Å². The first-order chi connectivity index (χ1) is 9.83. The van der Waals surface area contributed by atoms with E-state index in [4.69, 9.17) is 4.52 Å². The molecule has 1 saturated heterocycles. The smallest absolute Gasteiger partial charge is 0.273 e. The van der Waals surface area contributed by atoms with E-state index in [0.29, 0.717) is 11.5 Å². The molecule has 0 aromatic carbocycles. The van der Waals surface area contributed by atoms with E-state index in [2.05, 4.69) is 20.8 Å².